The zero-order valence-electron chi connectivity index (χ0n) is 25.8. The monoisotopic (exact) mass is 640 g/mol. The number of fused-ring (bicyclic) bond motifs is 1. The molecule has 1 fully saturated rings. The lowest BCUT2D eigenvalue weighted by Crippen LogP contribution is -2.45. The molecule has 0 aromatic carbocycles. The Morgan fingerprint density at radius 3 is 2.74 bits per heavy atom. The van der Waals surface area contributed by atoms with Crippen molar-refractivity contribution < 1.29 is 22.7 Å². The number of hydrogen-bond donors (Lipinski definition) is 3. The Labute approximate surface area is 262 Å². The molecule has 0 unspecified atom stereocenters. The van der Waals surface area contributed by atoms with Crippen molar-refractivity contribution in [3.63, 3.8) is 0 Å². The quantitative estimate of drug-likeness (QED) is 0.163. The van der Waals surface area contributed by atoms with Crippen LogP contribution in [0.25, 0.3) is 11.0 Å². The van der Waals surface area contributed by atoms with Crippen LogP contribution in [0.4, 0.5) is 24.8 Å². The normalized spacial score (nSPS) is 19.9. The van der Waals surface area contributed by atoms with E-state index in [1.54, 1.807) is 19.9 Å². The van der Waals surface area contributed by atoms with E-state index in [9.17, 15) is 18.0 Å². The molecule has 0 spiro atoms. The van der Waals surface area contributed by atoms with E-state index in [0.29, 0.717) is 53.6 Å². The number of aliphatic imine (C=N–C) groups is 2. The maximum absolute atomic E-state index is 13.4. The summed E-state index contributed by atoms with van der Waals surface area (Å²) < 4.78 is 48.2. The first-order valence-electron chi connectivity index (χ1n) is 14.6. The number of nitrogens with zero attached hydrogens (tertiary/aromatic N) is 9. The molecule has 4 atom stereocenters. The number of aromatic nitrogens is 8. The van der Waals surface area contributed by atoms with Crippen molar-refractivity contribution in [1.82, 2.24) is 45.0 Å². The molecule has 1 aliphatic carbocycles. The number of aromatic amines is 1. The summed E-state index contributed by atoms with van der Waals surface area (Å²) in [4.78, 5) is 31.1. The molecule has 5 rings (SSSR count). The van der Waals surface area contributed by atoms with Crippen LogP contribution in [0.5, 0.6) is 0 Å². The van der Waals surface area contributed by atoms with Gasteiger partial charge >= 0.3 is 0 Å². The van der Waals surface area contributed by atoms with Gasteiger partial charge < -0.3 is 15.4 Å². The molecule has 0 bridgehead atoms. The minimum atomic E-state index is -2.62. The second kappa shape index (κ2) is 14.0. The molecule has 0 radical (unpaired) electrons. The summed E-state index contributed by atoms with van der Waals surface area (Å²) in [7, 11) is 1.54. The van der Waals surface area contributed by atoms with E-state index in [0.717, 1.165) is 16.6 Å². The molecule has 0 aliphatic heterocycles. The molecule has 3 N–H and O–H groups in total. The summed E-state index contributed by atoms with van der Waals surface area (Å²) in [5, 5.41) is 21.6. The molecule has 4 aromatic rings. The van der Waals surface area contributed by atoms with Crippen molar-refractivity contribution in [3.05, 3.63) is 53.9 Å². The summed E-state index contributed by atoms with van der Waals surface area (Å²) >= 11 is 0. The van der Waals surface area contributed by atoms with Gasteiger partial charge in [0.05, 0.1) is 53.9 Å². The summed E-state index contributed by atoms with van der Waals surface area (Å²) in [5.74, 6) is 0.303. The Morgan fingerprint density at radius 2 is 2.09 bits per heavy atom. The maximum atomic E-state index is 13.4. The van der Waals surface area contributed by atoms with Crippen LogP contribution in [0.1, 0.15) is 50.5 Å². The van der Waals surface area contributed by atoms with Crippen LogP contribution >= 0.6 is 0 Å². The number of ether oxygens (including phenoxy) is 1. The third-order valence-electron chi connectivity index (χ3n) is 7.82. The third kappa shape index (κ3) is 7.30. The molecular formula is C29H35F3N12O2. The molecule has 4 heterocycles. The predicted molar refractivity (Wildman–Crippen MR) is 165 cm³/mol. The number of H-pyrrole nitrogens is 1. The van der Waals surface area contributed by atoms with Gasteiger partial charge in [-0.25, -0.2) is 37.5 Å². The lowest BCUT2D eigenvalue weighted by atomic mass is 9.78. The summed E-state index contributed by atoms with van der Waals surface area (Å²) in [6, 6.07) is 1.26. The van der Waals surface area contributed by atoms with Crippen molar-refractivity contribution in [2.24, 2.45) is 15.9 Å². The fourth-order valence-corrected chi connectivity index (χ4v) is 5.42. The predicted octanol–water partition coefficient (Wildman–Crippen LogP) is 4.11. The van der Waals surface area contributed by atoms with Gasteiger partial charge in [-0.05, 0) is 46.8 Å². The van der Waals surface area contributed by atoms with Crippen LogP contribution < -0.4 is 10.6 Å². The zero-order valence-corrected chi connectivity index (χ0v) is 25.8. The highest BCUT2D eigenvalue weighted by Gasteiger charge is 2.38. The van der Waals surface area contributed by atoms with Gasteiger partial charge in [0.25, 0.3) is 6.43 Å². The van der Waals surface area contributed by atoms with E-state index < -0.39 is 36.9 Å². The lowest BCUT2D eigenvalue weighted by Gasteiger charge is -2.34. The van der Waals surface area contributed by atoms with Crippen molar-refractivity contribution in [2.75, 3.05) is 12.4 Å². The number of anilines is 2. The zero-order chi connectivity index (χ0) is 33.0. The van der Waals surface area contributed by atoms with Gasteiger partial charge in [-0.3, -0.25) is 14.9 Å². The largest absolute Gasteiger partial charge is 0.381 e. The SMILES string of the molecule is C=N/C(=C\N=C(/C)n1cc(F)cn1)[C@H](C)NC(=O)[C@H]1CC[C@@H](c2nc(Nc3cc(C)[nH]n3)c3cnn(CC(F)F)c3n2)C[C@@H]1OC. The molecule has 17 heteroatoms. The molecular weight excluding hydrogens is 605 g/mol. The summed E-state index contributed by atoms with van der Waals surface area (Å²) in [6.07, 6.45) is 3.50. The van der Waals surface area contributed by atoms with Gasteiger partial charge in [-0.1, -0.05) is 0 Å². The van der Waals surface area contributed by atoms with Crippen molar-refractivity contribution in [1.29, 1.82) is 0 Å². The van der Waals surface area contributed by atoms with E-state index in [1.807, 2.05) is 6.92 Å². The minimum absolute atomic E-state index is 0.220. The highest BCUT2D eigenvalue weighted by Crippen LogP contribution is 2.38. The number of amides is 1. The maximum Gasteiger partial charge on any atom is 0.258 e. The average Bonchev–Trinajstić information content (AvgIpc) is 3.76. The Balaban J connectivity index is 1.32. The molecule has 244 valence electrons. The van der Waals surface area contributed by atoms with E-state index in [1.165, 1.54) is 30.4 Å². The number of carbonyl (C=O) groups excluding carboxylic acids is 1. The van der Waals surface area contributed by atoms with Crippen LogP contribution in [0.3, 0.4) is 0 Å². The number of alkyl halides is 2. The summed E-state index contributed by atoms with van der Waals surface area (Å²) in [6.45, 7) is 8.23. The second-order valence-electron chi connectivity index (χ2n) is 11.1. The molecule has 1 aliphatic rings. The molecule has 1 amide bonds. The average molecular weight is 641 g/mol. The van der Waals surface area contributed by atoms with Gasteiger partial charge in [0.2, 0.25) is 5.91 Å². The minimum Gasteiger partial charge on any atom is -0.381 e. The van der Waals surface area contributed by atoms with Gasteiger partial charge in [-0.2, -0.15) is 15.3 Å². The highest BCUT2D eigenvalue weighted by atomic mass is 19.3. The number of rotatable bonds is 11. The van der Waals surface area contributed by atoms with Gasteiger partial charge in [-0.15, -0.1) is 0 Å². The number of aryl methyl sites for hydroxylation is 1. The van der Waals surface area contributed by atoms with E-state index in [2.05, 4.69) is 52.7 Å². The second-order valence-corrected chi connectivity index (χ2v) is 11.1. The topological polar surface area (TPSA) is 165 Å². The van der Waals surface area contributed by atoms with Crippen LogP contribution in [0.2, 0.25) is 0 Å². The Kier molecular flexibility index (Phi) is 9.89. The molecule has 46 heavy (non-hydrogen) atoms. The van der Waals surface area contributed by atoms with Crippen LogP contribution in [0.15, 0.2) is 46.5 Å². The fraction of sp³-hybridized carbons (Fsp3) is 0.448. The lowest BCUT2D eigenvalue weighted by molar-refractivity contribution is -0.132. The number of nitrogens with one attached hydrogen (secondary N) is 3. The molecule has 4 aromatic heterocycles. The Bertz CT molecular complexity index is 1760. The first kappa shape index (κ1) is 32.5. The first-order valence-corrected chi connectivity index (χ1v) is 14.6. The van der Waals surface area contributed by atoms with Crippen molar-refractivity contribution >= 4 is 41.1 Å². The Hall–Kier alpha value is -4.93. The standard InChI is InChI=1S/C29H35F3N12O2/c1-15-8-25(42-41-15)38-27-21-11-36-44(14-24(31)32)28(21)40-26(39-27)18-6-7-20(23(9-18)46-5)29(45)37-16(2)22(33-4)12-34-17(3)43-13-19(30)10-35-43/h8,10-13,16,18,20,23-24H,4,6-7,9,14H2,1-3,5H3,(H,37,45)(H2,38,39,40,41,42)/b22-12-,34-17+/t16-,18+,20-,23-/m0/s1. The number of halogens is 3. The number of carbonyl (C=O) groups is 1. The van der Waals surface area contributed by atoms with Crippen LogP contribution in [-0.2, 0) is 16.1 Å². The molecule has 0 saturated heterocycles. The van der Waals surface area contributed by atoms with Crippen molar-refractivity contribution in [3.8, 4) is 0 Å². The third-order valence-corrected chi connectivity index (χ3v) is 7.82. The smallest absolute Gasteiger partial charge is 0.258 e. The summed E-state index contributed by atoms with van der Waals surface area (Å²) in [5.41, 5.74) is 1.50. The van der Waals surface area contributed by atoms with E-state index >= 15 is 0 Å². The van der Waals surface area contributed by atoms with E-state index in [-0.39, 0.29) is 17.5 Å². The van der Waals surface area contributed by atoms with E-state index in [4.69, 9.17) is 9.72 Å². The van der Waals surface area contributed by atoms with Gasteiger partial charge in [0.1, 0.15) is 24.0 Å². The highest BCUT2D eigenvalue weighted by molar-refractivity contribution is 5.88. The number of methoxy groups -OCH3 is 1. The van der Waals surface area contributed by atoms with Crippen LogP contribution in [0, 0.1) is 18.7 Å². The van der Waals surface area contributed by atoms with Gasteiger partial charge in [0.15, 0.2) is 17.3 Å². The Morgan fingerprint density at radius 1 is 1.28 bits per heavy atom. The van der Waals surface area contributed by atoms with Crippen LogP contribution in [-0.4, -0.2) is 83.9 Å². The number of hydrogen-bond acceptors (Lipinski definition) is 10. The fourth-order valence-electron chi connectivity index (χ4n) is 5.42. The van der Waals surface area contributed by atoms with Crippen molar-refractivity contribution in [2.45, 2.75) is 71.1 Å². The molecule has 1 saturated carbocycles. The first-order chi connectivity index (χ1) is 22.1. The molecule has 14 nitrogen and oxygen atoms in total. The van der Waals surface area contributed by atoms with Gasteiger partial charge in [0, 0.05) is 24.8 Å².